The van der Waals surface area contributed by atoms with Crippen molar-refractivity contribution < 1.29 is 14.3 Å². The van der Waals surface area contributed by atoms with E-state index in [4.69, 9.17) is 9.47 Å². The molecule has 1 aromatic carbocycles. The number of hydrogen-bond donors (Lipinski definition) is 0. The average molecular weight is 232 g/mol. The lowest BCUT2D eigenvalue weighted by Crippen LogP contribution is -2.27. The van der Waals surface area contributed by atoms with E-state index in [1.807, 2.05) is 12.1 Å². The lowest BCUT2D eigenvalue weighted by molar-refractivity contribution is 0.112. The maximum atomic E-state index is 10.7. The molecule has 3 heteroatoms. The summed E-state index contributed by atoms with van der Waals surface area (Å²) in [5.74, 6) is 0.754. The summed E-state index contributed by atoms with van der Waals surface area (Å²) in [5, 5.41) is 0. The minimum absolute atomic E-state index is 0.0184. The van der Waals surface area contributed by atoms with Gasteiger partial charge in [-0.15, -0.1) is 0 Å². The van der Waals surface area contributed by atoms with Gasteiger partial charge in [-0.3, -0.25) is 4.79 Å². The number of benzene rings is 1. The second-order valence-corrected chi connectivity index (χ2v) is 4.90. The van der Waals surface area contributed by atoms with Crippen molar-refractivity contribution in [2.75, 3.05) is 6.61 Å². The Balaban J connectivity index is 1.62. The van der Waals surface area contributed by atoms with Crippen molar-refractivity contribution in [2.45, 2.75) is 37.4 Å². The lowest BCUT2D eigenvalue weighted by Gasteiger charge is -2.17. The van der Waals surface area contributed by atoms with E-state index >= 15 is 0 Å². The van der Waals surface area contributed by atoms with Gasteiger partial charge in [-0.25, -0.2) is 0 Å². The Morgan fingerprint density at radius 3 is 3.24 bits per heavy atom. The van der Waals surface area contributed by atoms with Crippen molar-refractivity contribution in [2.24, 2.45) is 0 Å². The standard InChI is InChI=1S/C14H16O3/c15-9-11-4-3-5-12(8-11)16-10-14-7-2-1-6-13(14)17-14/h3-5,8-9,13H,1-2,6-7,10H2. The van der Waals surface area contributed by atoms with Crippen LogP contribution in [0.2, 0.25) is 0 Å². The highest BCUT2D eigenvalue weighted by molar-refractivity contribution is 5.75. The molecule has 0 bridgehead atoms. The SMILES string of the molecule is O=Cc1cccc(OCC23CCCCC2O3)c1. The normalized spacial score (nSPS) is 30.5. The minimum atomic E-state index is -0.0184. The summed E-state index contributed by atoms with van der Waals surface area (Å²) < 4.78 is 11.5. The zero-order valence-corrected chi connectivity index (χ0v) is 9.72. The summed E-state index contributed by atoms with van der Waals surface area (Å²) in [6, 6.07) is 7.26. The van der Waals surface area contributed by atoms with Crippen molar-refractivity contribution in [1.29, 1.82) is 0 Å². The fourth-order valence-corrected chi connectivity index (χ4v) is 2.63. The van der Waals surface area contributed by atoms with Crippen LogP contribution in [-0.2, 0) is 4.74 Å². The Morgan fingerprint density at radius 2 is 2.41 bits per heavy atom. The van der Waals surface area contributed by atoms with Crippen LogP contribution in [0.5, 0.6) is 5.75 Å². The quantitative estimate of drug-likeness (QED) is 0.591. The third-order valence-corrected chi connectivity index (χ3v) is 3.70. The van der Waals surface area contributed by atoms with Gasteiger partial charge >= 0.3 is 0 Å². The summed E-state index contributed by atoms with van der Waals surface area (Å²) in [7, 11) is 0. The molecule has 1 saturated carbocycles. The lowest BCUT2D eigenvalue weighted by atomic mass is 9.90. The molecule has 3 nitrogen and oxygen atoms in total. The number of fused-ring (bicyclic) bond motifs is 1. The number of ether oxygens (including phenoxy) is 2. The molecular weight excluding hydrogens is 216 g/mol. The monoisotopic (exact) mass is 232 g/mol. The first kappa shape index (κ1) is 10.8. The second kappa shape index (κ2) is 4.15. The van der Waals surface area contributed by atoms with Crippen LogP contribution in [0.4, 0.5) is 0 Å². The highest BCUT2D eigenvalue weighted by Crippen LogP contribution is 2.47. The predicted octanol–water partition coefficient (Wildman–Crippen LogP) is 2.59. The molecule has 0 spiro atoms. The molecule has 0 N–H and O–H groups in total. The molecule has 0 radical (unpaired) electrons. The van der Waals surface area contributed by atoms with Crippen molar-refractivity contribution in [3.8, 4) is 5.75 Å². The van der Waals surface area contributed by atoms with E-state index in [0.29, 0.717) is 18.3 Å². The highest BCUT2D eigenvalue weighted by Gasteiger charge is 2.57. The van der Waals surface area contributed by atoms with Crippen LogP contribution in [0.3, 0.4) is 0 Å². The first-order valence-electron chi connectivity index (χ1n) is 6.18. The van der Waals surface area contributed by atoms with Crippen LogP contribution < -0.4 is 4.74 Å². The van der Waals surface area contributed by atoms with Crippen molar-refractivity contribution in [1.82, 2.24) is 0 Å². The van der Waals surface area contributed by atoms with Crippen LogP contribution in [0.15, 0.2) is 24.3 Å². The molecule has 0 aromatic heterocycles. The highest BCUT2D eigenvalue weighted by atomic mass is 16.6. The van der Waals surface area contributed by atoms with Gasteiger partial charge in [0.25, 0.3) is 0 Å². The largest absolute Gasteiger partial charge is 0.490 e. The topological polar surface area (TPSA) is 38.8 Å². The van der Waals surface area contributed by atoms with E-state index in [9.17, 15) is 4.79 Å². The van der Waals surface area contributed by atoms with E-state index in [2.05, 4.69) is 0 Å². The van der Waals surface area contributed by atoms with Crippen molar-refractivity contribution in [3.05, 3.63) is 29.8 Å². The Labute approximate surface area is 101 Å². The van der Waals surface area contributed by atoms with Crippen LogP contribution in [0.1, 0.15) is 36.0 Å². The Kier molecular flexibility index (Phi) is 2.63. The van der Waals surface area contributed by atoms with Gasteiger partial charge in [-0.05, 0) is 25.0 Å². The Hall–Kier alpha value is -1.35. The molecule has 1 aliphatic carbocycles. The summed E-state index contributed by atoms with van der Waals surface area (Å²) in [4.78, 5) is 10.7. The van der Waals surface area contributed by atoms with Gasteiger partial charge in [-0.2, -0.15) is 0 Å². The van der Waals surface area contributed by atoms with Gasteiger partial charge in [0.05, 0.1) is 6.10 Å². The van der Waals surface area contributed by atoms with Gasteiger partial charge < -0.3 is 9.47 Å². The molecule has 0 amide bonds. The second-order valence-electron chi connectivity index (χ2n) is 4.90. The van der Waals surface area contributed by atoms with Crippen LogP contribution in [-0.4, -0.2) is 24.6 Å². The molecule has 17 heavy (non-hydrogen) atoms. The van der Waals surface area contributed by atoms with Crippen molar-refractivity contribution in [3.63, 3.8) is 0 Å². The van der Waals surface area contributed by atoms with Gasteiger partial charge in [0, 0.05) is 5.56 Å². The van der Waals surface area contributed by atoms with E-state index in [-0.39, 0.29) is 5.60 Å². The summed E-state index contributed by atoms with van der Waals surface area (Å²) >= 11 is 0. The molecule has 2 fully saturated rings. The molecule has 1 aliphatic heterocycles. The average Bonchev–Trinajstić information content (AvgIpc) is 3.11. The molecule has 1 heterocycles. The molecule has 1 saturated heterocycles. The minimum Gasteiger partial charge on any atom is -0.490 e. The number of aldehydes is 1. The van der Waals surface area contributed by atoms with Crippen LogP contribution in [0, 0.1) is 0 Å². The Bertz CT molecular complexity index is 429. The molecule has 2 unspecified atom stereocenters. The molecule has 2 aliphatic rings. The smallest absolute Gasteiger partial charge is 0.150 e. The van der Waals surface area contributed by atoms with Gasteiger partial charge in [-0.1, -0.05) is 25.0 Å². The van der Waals surface area contributed by atoms with Gasteiger partial charge in [0.1, 0.15) is 24.2 Å². The molecule has 90 valence electrons. The summed E-state index contributed by atoms with van der Waals surface area (Å²) in [6.07, 6.45) is 6.01. The third-order valence-electron chi connectivity index (χ3n) is 3.70. The van der Waals surface area contributed by atoms with E-state index in [0.717, 1.165) is 24.9 Å². The molecule has 2 atom stereocenters. The fraction of sp³-hybridized carbons (Fsp3) is 0.500. The summed E-state index contributed by atoms with van der Waals surface area (Å²) in [6.45, 7) is 0.611. The number of rotatable bonds is 4. The zero-order valence-electron chi connectivity index (χ0n) is 9.72. The van der Waals surface area contributed by atoms with Gasteiger partial charge in [0.15, 0.2) is 0 Å². The number of carbonyl (C=O) groups excluding carboxylic acids is 1. The van der Waals surface area contributed by atoms with Gasteiger partial charge in [0.2, 0.25) is 0 Å². The predicted molar refractivity (Wildman–Crippen MR) is 63.4 cm³/mol. The first-order valence-corrected chi connectivity index (χ1v) is 6.18. The molecule has 3 rings (SSSR count). The number of epoxide rings is 1. The van der Waals surface area contributed by atoms with E-state index in [1.165, 1.54) is 12.8 Å². The fourth-order valence-electron chi connectivity index (χ4n) is 2.63. The number of carbonyl (C=O) groups is 1. The Morgan fingerprint density at radius 1 is 1.47 bits per heavy atom. The van der Waals surface area contributed by atoms with Crippen LogP contribution >= 0.6 is 0 Å². The van der Waals surface area contributed by atoms with Crippen molar-refractivity contribution >= 4 is 6.29 Å². The number of hydrogen-bond acceptors (Lipinski definition) is 3. The summed E-state index contributed by atoms with van der Waals surface area (Å²) in [5.41, 5.74) is 0.631. The maximum absolute atomic E-state index is 10.7. The zero-order chi connectivity index (χ0) is 11.7. The maximum Gasteiger partial charge on any atom is 0.150 e. The third kappa shape index (κ3) is 2.07. The molecule has 1 aromatic rings. The first-order chi connectivity index (χ1) is 8.32. The molecular formula is C14H16O3. The van der Waals surface area contributed by atoms with Crippen LogP contribution in [0.25, 0.3) is 0 Å². The van der Waals surface area contributed by atoms with E-state index in [1.54, 1.807) is 12.1 Å². The van der Waals surface area contributed by atoms with E-state index < -0.39 is 0 Å².